The molecule has 1 heterocycles. The Bertz CT molecular complexity index is 954. The number of H-pyrrole nitrogens is 2. The van der Waals surface area contributed by atoms with Crippen LogP contribution in [0.4, 0.5) is 5.82 Å². The molecule has 27 heavy (non-hydrogen) atoms. The molecule has 2 rings (SSSR count). The van der Waals surface area contributed by atoms with E-state index in [1.807, 2.05) is 4.98 Å². The lowest BCUT2D eigenvalue weighted by molar-refractivity contribution is -0.120. The molecule has 1 aromatic heterocycles. The Morgan fingerprint density at radius 1 is 1.33 bits per heavy atom. The van der Waals surface area contributed by atoms with Gasteiger partial charge in [-0.15, -0.1) is 5.10 Å². The summed E-state index contributed by atoms with van der Waals surface area (Å²) in [4.78, 5) is 36.0. The molecule has 144 valence electrons. The SMILES string of the molecule is COc1cc(/C=N/NC(=O)CCNc2n[nH]c(=O)[nH]c2=O)cc(Cl)c1OC. The van der Waals surface area contributed by atoms with E-state index in [4.69, 9.17) is 21.1 Å². The van der Waals surface area contributed by atoms with Crippen LogP contribution in [0.15, 0.2) is 26.8 Å². The number of benzene rings is 1. The van der Waals surface area contributed by atoms with Gasteiger partial charge >= 0.3 is 5.69 Å². The highest BCUT2D eigenvalue weighted by Gasteiger charge is 2.10. The molecule has 11 nitrogen and oxygen atoms in total. The number of carbonyl (C=O) groups is 1. The van der Waals surface area contributed by atoms with Crippen molar-refractivity contribution >= 4 is 29.5 Å². The summed E-state index contributed by atoms with van der Waals surface area (Å²) in [6, 6.07) is 3.25. The minimum atomic E-state index is -0.715. The van der Waals surface area contributed by atoms with Gasteiger partial charge in [-0.3, -0.25) is 14.6 Å². The second kappa shape index (κ2) is 9.38. The van der Waals surface area contributed by atoms with Crippen LogP contribution in [0.2, 0.25) is 5.02 Å². The lowest BCUT2D eigenvalue weighted by atomic mass is 10.2. The third-order valence-electron chi connectivity index (χ3n) is 3.21. The second-order valence-electron chi connectivity index (χ2n) is 5.06. The highest BCUT2D eigenvalue weighted by Crippen LogP contribution is 2.35. The van der Waals surface area contributed by atoms with Gasteiger partial charge in [0.05, 0.1) is 25.5 Å². The molecule has 1 aromatic carbocycles. The van der Waals surface area contributed by atoms with E-state index in [9.17, 15) is 14.4 Å². The number of nitrogens with one attached hydrogen (secondary N) is 4. The third kappa shape index (κ3) is 5.57. The van der Waals surface area contributed by atoms with Crippen LogP contribution in [-0.2, 0) is 4.79 Å². The van der Waals surface area contributed by atoms with Crippen LogP contribution in [-0.4, -0.2) is 48.1 Å². The Morgan fingerprint density at radius 3 is 2.78 bits per heavy atom. The van der Waals surface area contributed by atoms with E-state index in [-0.39, 0.29) is 18.8 Å². The lowest BCUT2D eigenvalue weighted by Gasteiger charge is -2.09. The fourth-order valence-electron chi connectivity index (χ4n) is 2.01. The zero-order valence-corrected chi connectivity index (χ0v) is 15.2. The second-order valence-corrected chi connectivity index (χ2v) is 5.47. The van der Waals surface area contributed by atoms with E-state index >= 15 is 0 Å². The Kier molecular flexibility index (Phi) is 6.94. The van der Waals surface area contributed by atoms with Gasteiger partial charge in [0.2, 0.25) is 11.7 Å². The van der Waals surface area contributed by atoms with Crippen LogP contribution in [0, 0.1) is 0 Å². The summed E-state index contributed by atoms with van der Waals surface area (Å²) >= 11 is 6.09. The number of ether oxygens (including phenoxy) is 2. The molecular weight excluding hydrogens is 380 g/mol. The number of hydrogen-bond acceptors (Lipinski definition) is 8. The summed E-state index contributed by atoms with van der Waals surface area (Å²) in [6.45, 7) is 0.117. The van der Waals surface area contributed by atoms with Crippen LogP contribution in [0.3, 0.4) is 0 Å². The number of amides is 1. The third-order valence-corrected chi connectivity index (χ3v) is 3.50. The van der Waals surface area contributed by atoms with Crippen molar-refractivity contribution < 1.29 is 14.3 Å². The summed E-state index contributed by atoms with van der Waals surface area (Å²) in [6.07, 6.45) is 1.41. The molecule has 0 bridgehead atoms. The van der Waals surface area contributed by atoms with Crippen LogP contribution in [0.1, 0.15) is 12.0 Å². The van der Waals surface area contributed by atoms with Gasteiger partial charge in [-0.1, -0.05) is 11.6 Å². The zero-order valence-electron chi connectivity index (χ0n) is 14.5. The van der Waals surface area contributed by atoms with Gasteiger partial charge in [0, 0.05) is 13.0 Å². The van der Waals surface area contributed by atoms with Gasteiger partial charge in [-0.05, 0) is 17.7 Å². The Morgan fingerprint density at radius 2 is 2.11 bits per heavy atom. The number of rotatable bonds is 8. The van der Waals surface area contributed by atoms with Crippen LogP contribution in [0.5, 0.6) is 11.5 Å². The van der Waals surface area contributed by atoms with Crippen molar-refractivity contribution in [2.45, 2.75) is 6.42 Å². The number of aromatic amines is 2. The first-order valence-electron chi connectivity index (χ1n) is 7.61. The number of aromatic nitrogens is 3. The van der Waals surface area contributed by atoms with Crippen LogP contribution >= 0.6 is 11.6 Å². The maximum Gasteiger partial charge on any atom is 0.342 e. The predicted molar refractivity (Wildman–Crippen MR) is 98.9 cm³/mol. The van der Waals surface area contributed by atoms with Gasteiger partial charge in [0.25, 0.3) is 5.56 Å². The van der Waals surface area contributed by atoms with Crippen molar-refractivity contribution in [1.29, 1.82) is 0 Å². The van der Waals surface area contributed by atoms with E-state index in [1.165, 1.54) is 20.4 Å². The first-order chi connectivity index (χ1) is 12.9. The van der Waals surface area contributed by atoms with Gasteiger partial charge in [-0.2, -0.15) is 5.10 Å². The van der Waals surface area contributed by atoms with E-state index in [0.29, 0.717) is 22.1 Å². The molecule has 4 N–H and O–H groups in total. The lowest BCUT2D eigenvalue weighted by Crippen LogP contribution is -2.28. The molecule has 0 atom stereocenters. The van der Waals surface area contributed by atoms with Crippen LogP contribution in [0.25, 0.3) is 0 Å². The molecule has 0 radical (unpaired) electrons. The molecular formula is C15H17ClN6O5. The zero-order chi connectivity index (χ0) is 19.8. The normalized spacial score (nSPS) is 10.6. The number of hydrazone groups is 1. The van der Waals surface area contributed by atoms with Crippen molar-refractivity contribution in [3.05, 3.63) is 43.6 Å². The van der Waals surface area contributed by atoms with Crippen molar-refractivity contribution in [1.82, 2.24) is 20.6 Å². The number of methoxy groups -OCH3 is 2. The Hall–Kier alpha value is -3.34. The average molecular weight is 397 g/mol. The highest BCUT2D eigenvalue weighted by atomic mass is 35.5. The Labute approximate surface area is 157 Å². The van der Waals surface area contributed by atoms with E-state index in [2.05, 4.69) is 26.0 Å². The fourth-order valence-corrected chi connectivity index (χ4v) is 2.31. The number of anilines is 1. The van der Waals surface area contributed by atoms with E-state index in [1.54, 1.807) is 12.1 Å². The summed E-state index contributed by atoms with van der Waals surface area (Å²) in [5, 5.41) is 12.4. The topological polar surface area (TPSA) is 151 Å². The smallest absolute Gasteiger partial charge is 0.342 e. The number of carbonyl (C=O) groups excluding carboxylic acids is 1. The molecule has 0 spiro atoms. The minimum absolute atomic E-state index is 0.0181. The van der Waals surface area contributed by atoms with E-state index in [0.717, 1.165) is 0 Å². The summed E-state index contributed by atoms with van der Waals surface area (Å²) in [7, 11) is 2.95. The summed E-state index contributed by atoms with van der Waals surface area (Å²) in [5.74, 6) is 0.343. The molecule has 0 aliphatic carbocycles. The van der Waals surface area contributed by atoms with Crippen molar-refractivity contribution in [3.63, 3.8) is 0 Å². The standard InChI is InChI=1S/C15H17ClN6O5/c1-26-10-6-8(5-9(16)12(10)27-2)7-18-20-11(23)3-4-17-13-14(24)19-15(25)22-21-13/h5-7H,3-4H2,1-2H3,(H,17,21)(H,20,23)(H2,19,22,24,25)/b18-7+. The van der Waals surface area contributed by atoms with Gasteiger partial charge in [0.15, 0.2) is 11.5 Å². The fraction of sp³-hybridized carbons (Fsp3) is 0.267. The van der Waals surface area contributed by atoms with Crippen molar-refractivity contribution in [3.8, 4) is 11.5 Å². The molecule has 0 aliphatic rings. The maximum absolute atomic E-state index is 11.8. The minimum Gasteiger partial charge on any atom is -0.493 e. The molecule has 2 aromatic rings. The first kappa shape index (κ1) is 20.0. The van der Waals surface area contributed by atoms with Gasteiger partial charge in [0.1, 0.15) is 0 Å². The number of hydrogen-bond donors (Lipinski definition) is 4. The van der Waals surface area contributed by atoms with Gasteiger partial charge < -0.3 is 14.8 Å². The predicted octanol–water partition coefficient (Wildman–Crippen LogP) is 0.0811. The van der Waals surface area contributed by atoms with Crippen LogP contribution < -0.4 is 31.5 Å². The molecule has 0 aliphatic heterocycles. The average Bonchev–Trinajstić information content (AvgIpc) is 2.63. The molecule has 12 heteroatoms. The Balaban J connectivity index is 1.87. The summed E-state index contributed by atoms with van der Waals surface area (Å²) < 4.78 is 10.3. The molecule has 0 saturated carbocycles. The number of halogens is 1. The van der Waals surface area contributed by atoms with Crippen molar-refractivity contribution in [2.24, 2.45) is 5.10 Å². The largest absolute Gasteiger partial charge is 0.493 e. The molecule has 0 unspecified atom stereocenters. The first-order valence-corrected chi connectivity index (χ1v) is 7.98. The van der Waals surface area contributed by atoms with Crippen molar-refractivity contribution in [2.75, 3.05) is 26.1 Å². The maximum atomic E-state index is 11.8. The molecule has 1 amide bonds. The molecule has 0 saturated heterocycles. The highest BCUT2D eigenvalue weighted by molar-refractivity contribution is 6.32. The monoisotopic (exact) mass is 396 g/mol. The quantitative estimate of drug-likeness (QED) is 0.364. The summed E-state index contributed by atoms with van der Waals surface area (Å²) in [5.41, 5.74) is 1.54. The molecule has 0 fully saturated rings. The van der Waals surface area contributed by atoms with Gasteiger partial charge in [-0.25, -0.2) is 15.3 Å². The number of nitrogens with zero attached hydrogens (tertiary/aromatic N) is 2. The van der Waals surface area contributed by atoms with E-state index < -0.39 is 17.2 Å².